The first kappa shape index (κ1) is 19.0. The summed E-state index contributed by atoms with van der Waals surface area (Å²) in [6.45, 7) is 6.65. The van der Waals surface area contributed by atoms with Gasteiger partial charge in [0, 0.05) is 37.1 Å². The first-order chi connectivity index (χ1) is 10.2. The molecule has 0 aliphatic heterocycles. The van der Waals surface area contributed by atoms with Crippen molar-refractivity contribution < 1.29 is 0 Å². The van der Waals surface area contributed by atoms with Crippen LogP contribution in [-0.4, -0.2) is 28.8 Å². The maximum absolute atomic E-state index is 4.61. The Hall–Kier alpha value is -1.09. The lowest BCUT2D eigenvalue weighted by Gasteiger charge is -2.15. The Bertz CT molecular complexity index is 564. The van der Waals surface area contributed by atoms with Gasteiger partial charge in [0.1, 0.15) is 0 Å². The largest absolute Gasteiger partial charge is 0.357 e. The quantitative estimate of drug-likeness (QED) is 0.419. The number of guanidine groups is 1. The molecule has 0 aromatic carbocycles. The van der Waals surface area contributed by atoms with Gasteiger partial charge < -0.3 is 10.6 Å². The minimum absolute atomic E-state index is 0. The Labute approximate surface area is 153 Å². The van der Waals surface area contributed by atoms with Gasteiger partial charge in [-0.25, -0.2) is 4.99 Å². The Balaban J connectivity index is 0.00000242. The minimum atomic E-state index is 0. The van der Waals surface area contributed by atoms with Crippen molar-refractivity contribution in [1.82, 2.24) is 20.4 Å². The smallest absolute Gasteiger partial charge is 0.191 e. The van der Waals surface area contributed by atoms with Crippen molar-refractivity contribution >= 4 is 41.3 Å². The monoisotopic (exact) mass is 433 g/mol. The molecule has 1 unspecified atom stereocenters. The summed E-state index contributed by atoms with van der Waals surface area (Å²) in [5.41, 5.74) is 1.10. The number of rotatable bonds is 6. The number of halogens is 1. The number of aryl methyl sites for hydroxylation is 1. The summed E-state index contributed by atoms with van der Waals surface area (Å²) in [6.07, 6.45) is 1.80. The van der Waals surface area contributed by atoms with Gasteiger partial charge >= 0.3 is 0 Å². The zero-order valence-electron chi connectivity index (χ0n) is 13.2. The Morgan fingerprint density at radius 2 is 2.23 bits per heavy atom. The fraction of sp³-hybridized carbons (Fsp3) is 0.467. The molecule has 2 N–H and O–H groups in total. The number of nitrogens with zero attached hydrogens (tertiary/aromatic N) is 3. The van der Waals surface area contributed by atoms with Crippen molar-refractivity contribution in [3.8, 4) is 0 Å². The minimum Gasteiger partial charge on any atom is -0.357 e. The standard InChI is InChI=1S/C15H23N5S.HI/c1-4-16-15(18-11-13-7-8-19-20(13)3)17-10-12(2)14-6-5-9-21-14;/h5-9,12H,4,10-11H2,1-3H3,(H2,16,17,18);1H. The average Bonchev–Trinajstić information content (AvgIpc) is 3.13. The SMILES string of the molecule is CCNC(=NCc1ccnn1C)NCC(C)c1cccs1.I. The molecule has 0 bridgehead atoms. The van der Waals surface area contributed by atoms with E-state index in [0.717, 1.165) is 24.7 Å². The van der Waals surface area contributed by atoms with Crippen LogP contribution in [0, 0.1) is 0 Å². The van der Waals surface area contributed by atoms with Crippen LogP contribution in [0.5, 0.6) is 0 Å². The summed E-state index contributed by atoms with van der Waals surface area (Å²) in [4.78, 5) is 6.00. The van der Waals surface area contributed by atoms with Crippen molar-refractivity contribution in [2.24, 2.45) is 12.0 Å². The number of nitrogens with one attached hydrogen (secondary N) is 2. The van der Waals surface area contributed by atoms with E-state index in [9.17, 15) is 0 Å². The molecule has 2 rings (SSSR count). The van der Waals surface area contributed by atoms with Crippen LogP contribution in [0.25, 0.3) is 0 Å². The molecule has 0 spiro atoms. The molecule has 5 nitrogen and oxygen atoms in total. The second-order valence-corrected chi connectivity index (χ2v) is 5.92. The number of hydrogen-bond acceptors (Lipinski definition) is 3. The molecule has 0 fully saturated rings. The Kier molecular flexibility index (Phi) is 8.47. The average molecular weight is 433 g/mol. The molecule has 2 aromatic heterocycles. The van der Waals surface area contributed by atoms with Crippen LogP contribution < -0.4 is 10.6 Å². The molecule has 0 saturated carbocycles. The van der Waals surface area contributed by atoms with E-state index in [1.807, 2.05) is 17.8 Å². The topological polar surface area (TPSA) is 54.2 Å². The molecule has 0 aliphatic carbocycles. The van der Waals surface area contributed by atoms with Gasteiger partial charge in [-0.05, 0) is 24.4 Å². The van der Waals surface area contributed by atoms with Crippen LogP contribution in [0.3, 0.4) is 0 Å². The van der Waals surface area contributed by atoms with Gasteiger partial charge in [0.15, 0.2) is 5.96 Å². The molecule has 0 amide bonds. The van der Waals surface area contributed by atoms with E-state index in [1.165, 1.54) is 4.88 Å². The van der Waals surface area contributed by atoms with Gasteiger partial charge in [-0.15, -0.1) is 35.3 Å². The Morgan fingerprint density at radius 1 is 1.41 bits per heavy atom. The first-order valence-electron chi connectivity index (χ1n) is 7.23. The fourth-order valence-corrected chi connectivity index (χ4v) is 2.77. The second-order valence-electron chi connectivity index (χ2n) is 4.94. The van der Waals surface area contributed by atoms with Crippen LogP contribution in [-0.2, 0) is 13.6 Å². The summed E-state index contributed by atoms with van der Waals surface area (Å²) in [7, 11) is 1.93. The second kappa shape index (κ2) is 9.83. The van der Waals surface area contributed by atoms with Crippen LogP contribution in [0.2, 0.25) is 0 Å². The Morgan fingerprint density at radius 3 is 2.82 bits per heavy atom. The van der Waals surface area contributed by atoms with Crippen LogP contribution in [0.4, 0.5) is 0 Å². The molecule has 0 saturated heterocycles. The van der Waals surface area contributed by atoms with Crippen LogP contribution >= 0.6 is 35.3 Å². The van der Waals surface area contributed by atoms with Crippen LogP contribution in [0.1, 0.15) is 30.3 Å². The molecule has 0 aliphatic rings. The predicted octanol–water partition coefficient (Wildman–Crippen LogP) is 2.96. The van der Waals surface area contributed by atoms with Crippen molar-refractivity contribution in [2.75, 3.05) is 13.1 Å². The van der Waals surface area contributed by atoms with Crippen molar-refractivity contribution in [3.63, 3.8) is 0 Å². The molecule has 22 heavy (non-hydrogen) atoms. The van der Waals surface area contributed by atoms with E-state index in [0.29, 0.717) is 12.5 Å². The molecule has 1 atom stereocenters. The highest BCUT2D eigenvalue weighted by molar-refractivity contribution is 14.0. The van der Waals surface area contributed by atoms with E-state index in [-0.39, 0.29) is 24.0 Å². The fourth-order valence-electron chi connectivity index (χ4n) is 1.98. The van der Waals surface area contributed by atoms with Gasteiger partial charge in [0.2, 0.25) is 0 Å². The summed E-state index contributed by atoms with van der Waals surface area (Å²) < 4.78 is 1.85. The van der Waals surface area contributed by atoms with Gasteiger partial charge in [0.25, 0.3) is 0 Å². The number of thiophene rings is 1. The third-order valence-corrected chi connectivity index (χ3v) is 4.37. The van der Waals surface area contributed by atoms with E-state index >= 15 is 0 Å². The summed E-state index contributed by atoms with van der Waals surface area (Å²) in [6, 6.07) is 6.26. The molecule has 0 radical (unpaired) electrons. The first-order valence-corrected chi connectivity index (χ1v) is 8.11. The number of hydrogen-bond donors (Lipinski definition) is 2. The lowest BCUT2D eigenvalue weighted by Crippen LogP contribution is -2.39. The summed E-state index contributed by atoms with van der Waals surface area (Å²) in [5.74, 6) is 1.33. The molecule has 2 heterocycles. The maximum Gasteiger partial charge on any atom is 0.191 e. The zero-order valence-corrected chi connectivity index (χ0v) is 16.4. The van der Waals surface area contributed by atoms with Crippen molar-refractivity contribution in [1.29, 1.82) is 0 Å². The highest BCUT2D eigenvalue weighted by Crippen LogP contribution is 2.19. The zero-order chi connectivity index (χ0) is 15.1. The third-order valence-electron chi connectivity index (χ3n) is 3.27. The normalized spacial score (nSPS) is 12.6. The van der Waals surface area contributed by atoms with Gasteiger partial charge in [0.05, 0.1) is 12.2 Å². The number of aromatic nitrogens is 2. The van der Waals surface area contributed by atoms with Crippen molar-refractivity contribution in [3.05, 3.63) is 40.3 Å². The predicted molar refractivity (Wildman–Crippen MR) is 104 cm³/mol. The van der Waals surface area contributed by atoms with Crippen LogP contribution in [0.15, 0.2) is 34.8 Å². The lowest BCUT2D eigenvalue weighted by atomic mass is 10.1. The maximum atomic E-state index is 4.61. The third kappa shape index (κ3) is 5.60. The van der Waals surface area contributed by atoms with Gasteiger partial charge in [-0.1, -0.05) is 13.0 Å². The highest BCUT2D eigenvalue weighted by atomic mass is 127. The molecule has 7 heteroatoms. The van der Waals surface area contributed by atoms with Gasteiger partial charge in [-0.2, -0.15) is 5.10 Å². The lowest BCUT2D eigenvalue weighted by molar-refractivity contribution is 0.693. The summed E-state index contributed by atoms with van der Waals surface area (Å²) in [5, 5.41) is 13.0. The molecule has 122 valence electrons. The van der Waals surface area contributed by atoms with Gasteiger partial charge in [-0.3, -0.25) is 4.68 Å². The summed E-state index contributed by atoms with van der Waals surface area (Å²) >= 11 is 1.80. The van der Waals surface area contributed by atoms with E-state index in [2.05, 4.69) is 52.1 Å². The molecular weight excluding hydrogens is 409 g/mol. The van der Waals surface area contributed by atoms with E-state index < -0.39 is 0 Å². The highest BCUT2D eigenvalue weighted by Gasteiger charge is 2.07. The molecule has 2 aromatic rings. The van der Waals surface area contributed by atoms with E-state index in [1.54, 1.807) is 17.5 Å². The van der Waals surface area contributed by atoms with Crippen molar-refractivity contribution in [2.45, 2.75) is 26.3 Å². The van der Waals surface area contributed by atoms with E-state index in [4.69, 9.17) is 0 Å². The number of aliphatic imine (C=N–C) groups is 1. The molecular formula is C15H24IN5S.